The van der Waals surface area contributed by atoms with Gasteiger partial charge in [-0.1, -0.05) is 5.21 Å². The first-order chi connectivity index (χ1) is 8.53. The first-order valence-corrected chi connectivity index (χ1v) is 5.90. The summed E-state index contributed by atoms with van der Waals surface area (Å²) in [4.78, 5) is 11.3. The second-order valence-corrected chi connectivity index (χ2v) is 4.88. The molecule has 0 aliphatic heterocycles. The molecule has 1 unspecified atom stereocenters. The van der Waals surface area contributed by atoms with Crippen molar-refractivity contribution in [3.8, 4) is 0 Å². The number of nitrogens with two attached hydrogens (primary N) is 1. The van der Waals surface area contributed by atoms with Crippen molar-refractivity contribution < 1.29 is 14.6 Å². The molecule has 7 heteroatoms. The monoisotopic (exact) mass is 254 g/mol. The Kier molecular flexibility index (Phi) is 3.36. The summed E-state index contributed by atoms with van der Waals surface area (Å²) in [5.74, 6) is -0.617. The number of methoxy groups -OCH3 is 1. The third-order valence-corrected chi connectivity index (χ3v) is 3.52. The highest BCUT2D eigenvalue weighted by atomic mass is 16.5. The van der Waals surface area contributed by atoms with Gasteiger partial charge in [0.2, 0.25) is 0 Å². The normalized spacial score (nSPS) is 18.6. The number of ether oxygens (including phenoxy) is 1. The molecule has 1 aliphatic rings. The van der Waals surface area contributed by atoms with Gasteiger partial charge in [-0.05, 0) is 19.8 Å². The van der Waals surface area contributed by atoms with Gasteiger partial charge in [0.25, 0.3) is 5.91 Å². The van der Waals surface area contributed by atoms with Crippen molar-refractivity contribution in [3.05, 3.63) is 11.4 Å². The van der Waals surface area contributed by atoms with Gasteiger partial charge in [-0.3, -0.25) is 4.79 Å². The van der Waals surface area contributed by atoms with Crippen LogP contribution in [0.15, 0.2) is 0 Å². The predicted molar refractivity (Wildman–Crippen MR) is 62.7 cm³/mol. The highest BCUT2D eigenvalue weighted by Gasteiger charge is 2.43. The third kappa shape index (κ3) is 2.23. The van der Waals surface area contributed by atoms with Gasteiger partial charge < -0.3 is 15.6 Å². The maximum Gasteiger partial charge on any atom is 0.271 e. The minimum atomic E-state index is -0.617. The Hall–Kier alpha value is -1.47. The van der Waals surface area contributed by atoms with E-state index in [0.29, 0.717) is 12.2 Å². The van der Waals surface area contributed by atoms with E-state index in [0.717, 1.165) is 12.8 Å². The molecule has 1 heterocycles. The van der Waals surface area contributed by atoms with E-state index in [4.69, 9.17) is 10.5 Å². The number of amides is 1. The largest absolute Gasteiger partial charge is 0.396 e. The summed E-state index contributed by atoms with van der Waals surface area (Å²) in [6, 6.07) is 0. The third-order valence-electron chi connectivity index (χ3n) is 3.52. The van der Waals surface area contributed by atoms with Crippen molar-refractivity contribution in [1.29, 1.82) is 0 Å². The summed E-state index contributed by atoms with van der Waals surface area (Å²) in [5, 5.41) is 17.1. The van der Waals surface area contributed by atoms with Gasteiger partial charge in [-0.15, -0.1) is 5.10 Å². The molecule has 1 amide bonds. The average Bonchev–Trinajstić information content (AvgIpc) is 3.00. The zero-order valence-electron chi connectivity index (χ0n) is 10.6. The van der Waals surface area contributed by atoms with Gasteiger partial charge in [0.05, 0.1) is 19.3 Å². The fourth-order valence-corrected chi connectivity index (χ4v) is 1.99. The minimum absolute atomic E-state index is 0.111. The lowest BCUT2D eigenvalue weighted by Crippen LogP contribution is -2.22. The van der Waals surface area contributed by atoms with E-state index in [1.807, 2.05) is 0 Å². The standard InChI is InChI=1S/C11H18N4O3/c1-7(18-2)9-8(10(12)17)13-14-15(9)5-11(6-16)3-4-11/h7,16H,3-6H2,1-2H3,(H2,12,17). The van der Waals surface area contributed by atoms with Crippen LogP contribution in [0.25, 0.3) is 0 Å². The van der Waals surface area contributed by atoms with Gasteiger partial charge in [0.1, 0.15) is 5.69 Å². The average molecular weight is 254 g/mol. The van der Waals surface area contributed by atoms with Crippen LogP contribution in [0.2, 0.25) is 0 Å². The maximum absolute atomic E-state index is 11.3. The van der Waals surface area contributed by atoms with Crippen LogP contribution in [-0.4, -0.2) is 39.7 Å². The number of primary amides is 1. The predicted octanol–water partition coefficient (Wildman–Crippen LogP) is -0.143. The molecule has 2 rings (SSSR count). The smallest absolute Gasteiger partial charge is 0.271 e. The summed E-state index contributed by atoms with van der Waals surface area (Å²) in [6.07, 6.45) is 1.59. The lowest BCUT2D eigenvalue weighted by molar-refractivity contribution is 0.0952. The van der Waals surface area contributed by atoms with Crippen molar-refractivity contribution in [2.75, 3.05) is 13.7 Å². The number of hydrogen-bond donors (Lipinski definition) is 2. The molecule has 100 valence electrons. The molecule has 1 atom stereocenters. The number of aliphatic hydroxyl groups is 1. The summed E-state index contributed by atoms with van der Waals surface area (Å²) in [5.41, 5.74) is 5.86. The van der Waals surface area contributed by atoms with E-state index in [9.17, 15) is 9.90 Å². The lowest BCUT2D eigenvalue weighted by Gasteiger charge is -2.16. The van der Waals surface area contributed by atoms with E-state index >= 15 is 0 Å². The highest BCUT2D eigenvalue weighted by molar-refractivity contribution is 5.91. The van der Waals surface area contributed by atoms with Crippen LogP contribution in [0, 0.1) is 5.41 Å². The van der Waals surface area contributed by atoms with Crippen LogP contribution in [0.4, 0.5) is 0 Å². The second-order valence-electron chi connectivity index (χ2n) is 4.88. The van der Waals surface area contributed by atoms with Gasteiger partial charge in [0, 0.05) is 12.5 Å². The quantitative estimate of drug-likeness (QED) is 0.735. The molecule has 1 aromatic rings. The Morgan fingerprint density at radius 3 is 2.78 bits per heavy atom. The highest BCUT2D eigenvalue weighted by Crippen LogP contribution is 2.46. The van der Waals surface area contributed by atoms with Crippen LogP contribution in [-0.2, 0) is 11.3 Å². The van der Waals surface area contributed by atoms with Gasteiger partial charge in [-0.2, -0.15) is 0 Å². The minimum Gasteiger partial charge on any atom is -0.396 e. The van der Waals surface area contributed by atoms with E-state index in [2.05, 4.69) is 10.3 Å². The van der Waals surface area contributed by atoms with Crippen LogP contribution in [0.1, 0.15) is 42.1 Å². The molecule has 18 heavy (non-hydrogen) atoms. The molecule has 1 fully saturated rings. The van der Waals surface area contributed by atoms with E-state index < -0.39 is 5.91 Å². The van der Waals surface area contributed by atoms with Crippen molar-refractivity contribution in [2.45, 2.75) is 32.4 Å². The van der Waals surface area contributed by atoms with Crippen LogP contribution in [0.3, 0.4) is 0 Å². The Morgan fingerprint density at radius 2 is 2.33 bits per heavy atom. The summed E-state index contributed by atoms with van der Waals surface area (Å²) in [7, 11) is 1.55. The molecular formula is C11H18N4O3. The summed E-state index contributed by atoms with van der Waals surface area (Å²) >= 11 is 0. The maximum atomic E-state index is 11.3. The number of carbonyl (C=O) groups is 1. The zero-order chi connectivity index (χ0) is 13.3. The Bertz CT molecular complexity index is 453. The molecule has 0 radical (unpaired) electrons. The second kappa shape index (κ2) is 4.66. The number of aliphatic hydroxyl groups excluding tert-OH is 1. The van der Waals surface area contributed by atoms with E-state index in [-0.39, 0.29) is 23.8 Å². The number of rotatable bonds is 6. The molecule has 7 nitrogen and oxygen atoms in total. The van der Waals surface area contributed by atoms with Crippen LogP contribution < -0.4 is 5.73 Å². The molecule has 0 spiro atoms. The molecular weight excluding hydrogens is 236 g/mol. The molecule has 0 bridgehead atoms. The van der Waals surface area contributed by atoms with Gasteiger partial charge >= 0.3 is 0 Å². The van der Waals surface area contributed by atoms with Crippen molar-refractivity contribution in [3.63, 3.8) is 0 Å². The molecule has 3 N–H and O–H groups in total. The molecule has 1 aromatic heterocycles. The molecule has 1 saturated carbocycles. The molecule has 0 saturated heterocycles. The number of hydrogen-bond acceptors (Lipinski definition) is 5. The fraction of sp³-hybridized carbons (Fsp3) is 0.727. The van der Waals surface area contributed by atoms with Gasteiger partial charge in [0.15, 0.2) is 5.69 Å². The van der Waals surface area contributed by atoms with E-state index in [1.54, 1.807) is 18.7 Å². The zero-order valence-corrected chi connectivity index (χ0v) is 10.6. The van der Waals surface area contributed by atoms with Crippen molar-refractivity contribution >= 4 is 5.91 Å². The number of aromatic nitrogens is 3. The summed E-state index contributed by atoms with van der Waals surface area (Å²) in [6.45, 7) is 2.45. The Morgan fingerprint density at radius 1 is 1.67 bits per heavy atom. The molecule has 0 aromatic carbocycles. The van der Waals surface area contributed by atoms with Crippen LogP contribution in [0.5, 0.6) is 0 Å². The number of nitrogens with zero attached hydrogens (tertiary/aromatic N) is 3. The lowest BCUT2D eigenvalue weighted by atomic mass is 10.1. The topological polar surface area (TPSA) is 103 Å². The fourth-order valence-electron chi connectivity index (χ4n) is 1.99. The first kappa shape index (κ1) is 13.0. The first-order valence-electron chi connectivity index (χ1n) is 5.90. The Labute approximate surface area is 105 Å². The van der Waals surface area contributed by atoms with Gasteiger partial charge in [-0.25, -0.2) is 4.68 Å². The Balaban J connectivity index is 2.32. The van der Waals surface area contributed by atoms with Crippen molar-refractivity contribution in [2.24, 2.45) is 11.1 Å². The molecule has 1 aliphatic carbocycles. The SMILES string of the molecule is COC(C)c1c(C(N)=O)nnn1CC1(CO)CC1. The van der Waals surface area contributed by atoms with Crippen LogP contribution >= 0.6 is 0 Å². The van der Waals surface area contributed by atoms with E-state index in [1.165, 1.54) is 0 Å². The summed E-state index contributed by atoms with van der Waals surface area (Å²) < 4.78 is 6.85. The van der Waals surface area contributed by atoms with Crippen molar-refractivity contribution in [1.82, 2.24) is 15.0 Å². The number of carbonyl (C=O) groups excluding carboxylic acids is 1.